The van der Waals surface area contributed by atoms with Crippen LogP contribution >= 0.6 is 11.6 Å². The van der Waals surface area contributed by atoms with Crippen molar-refractivity contribution in [2.24, 2.45) is 0 Å². The van der Waals surface area contributed by atoms with Gasteiger partial charge in [0.1, 0.15) is 5.82 Å². The van der Waals surface area contributed by atoms with Gasteiger partial charge >= 0.3 is 0 Å². The molecule has 1 aromatic heterocycles. The molecule has 1 fully saturated rings. The van der Waals surface area contributed by atoms with Gasteiger partial charge in [0.05, 0.1) is 11.0 Å². The van der Waals surface area contributed by atoms with E-state index in [1.54, 1.807) is 5.92 Å². The molecule has 0 atom stereocenters. The van der Waals surface area contributed by atoms with Crippen LogP contribution in [0.5, 0.6) is 0 Å². The molecule has 0 aliphatic heterocycles. The maximum absolute atomic E-state index is 5.97. The van der Waals surface area contributed by atoms with Crippen LogP contribution in [0.25, 0.3) is 11.0 Å². The normalized spacial score (nSPS) is 17.4. The van der Waals surface area contributed by atoms with Crippen LogP contribution in [-0.4, -0.2) is 9.97 Å². The summed E-state index contributed by atoms with van der Waals surface area (Å²) in [6.07, 6.45) is 9.04. The monoisotopic (exact) mass is 261 g/mol. The van der Waals surface area contributed by atoms with Crippen molar-refractivity contribution in [1.82, 2.24) is 9.97 Å². The Balaban J connectivity index is 1.67. The Morgan fingerprint density at radius 1 is 1.11 bits per heavy atom. The smallest absolute Gasteiger partial charge is 0.107 e. The Morgan fingerprint density at radius 3 is 2.78 bits per heavy atom. The summed E-state index contributed by atoms with van der Waals surface area (Å²) in [6.45, 7) is 0. The number of rotatable bonds is 3. The van der Waals surface area contributed by atoms with E-state index in [1.807, 2.05) is 18.2 Å². The van der Waals surface area contributed by atoms with Crippen molar-refractivity contribution in [1.29, 1.82) is 0 Å². The predicted molar refractivity (Wildman–Crippen MR) is 75.8 cm³/mol. The van der Waals surface area contributed by atoms with Crippen LogP contribution in [0.1, 0.15) is 44.3 Å². The third-order valence-electron chi connectivity index (χ3n) is 3.77. The minimum Gasteiger partial charge on any atom is -0.342 e. The summed E-state index contributed by atoms with van der Waals surface area (Å²) < 4.78 is 0. The Morgan fingerprint density at radius 2 is 1.94 bits per heavy atom. The number of nitrogens with one attached hydrogen (secondary N) is 1. The van der Waals surface area contributed by atoms with Crippen LogP contribution in [-0.2, 0) is 6.42 Å². The van der Waals surface area contributed by atoms with Gasteiger partial charge in [-0.15, -0.1) is 0 Å². The molecule has 1 aromatic carbocycles. The zero-order chi connectivity index (χ0) is 12.4. The second-order valence-corrected chi connectivity index (χ2v) is 5.59. The van der Waals surface area contributed by atoms with E-state index >= 15 is 0 Å². The van der Waals surface area contributed by atoms with Crippen molar-refractivity contribution in [2.45, 2.75) is 44.9 Å². The van der Waals surface area contributed by atoms with Crippen molar-refractivity contribution in [2.75, 3.05) is 0 Å². The maximum Gasteiger partial charge on any atom is 0.107 e. The van der Waals surface area contributed by atoms with Crippen molar-refractivity contribution < 1.29 is 0 Å². The molecule has 1 radical (unpaired) electrons. The number of nitrogens with zero attached hydrogens (tertiary/aromatic N) is 1. The number of benzene rings is 1. The highest BCUT2D eigenvalue weighted by molar-refractivity contribution is 6.31. The average molecular weight is 262 g/mol. The molecule has 3 heteroatoms. The van der Waals surface area contributed by atoms with Gasteiger partial charge in [-0.25, -0.2) is 4.98 Å². The highest BCUT2D eigenvalue weighted by Gasteiger charge is 2.14. The maximum atomic E-state index is 5.97. The van der Waals surface area contributed by atoms with Gasteiger partial charge in [-0.05, 0) is 43.4 Å². The first kappa shape index (κ1) is 12.0. The van der Waals surface area contributed by atoms with Crippen LogP contribution in [0.15, 0.2) is 18.2 Å². The Labute approximate surface area is 113 Å². The lowest BCUT2D eigenvalue weighted by molar-refractivity contribution is 0.503. The molecule has 2 aromatic rings. The van der Waals surface area contributed by atoms with Crippen LogP contribution in [0.4, 0.5) is 0 Å². The first-order valence-electron chi connectivity index (χ1n) is 6.79. The number of aromatic amines is 1. The quantitative estimate of drug-likeness (QED) is 0.853. The van der Waals surface area contributed by atoms with E-state index in [4.69, 9.17) is 11.6 Å². The summed E-state index contributed by atoms with van der Waals surface area (Å²) in [5.74, 6) is 2.81. The Kier molecular flexibility index (Phi) is 3.55. The fourth-order valence-electron chi connectivity index (χ4n) is 2.75. The third kappa shape index (κ3) is 2.69. The molecule has 0 saturated heterocycles. The molecule has 2 nitrogen and oxygen atoms in total. The summed E-state index contributed by atoms with van der Waals surface area (Å²) >= 11 is 5.97. The topological polar surface area (TPSA) is 28.7 Å². The number of hydrogen-bond donors (Lipinski definition) is 1. The van der Waals surface area contributed by atoms with Crippen molar-refractivity contribution in [3.05, 3.63) is 35.0 Å². The number of aryl methyl sites for hydroxylation is 1. The molecule has 1 aliphatic carbocycles. The number of H-pyrrole nitrogens is 1. The predicted octanol–water partition coefficient (Wildman–Crippen LogP) is 4.69. The zero-order valence-corrected chi connectivity index (χ0v) is 11.3. The number of imidazole rings is 1. The zero-order valence-electron chi connectivity index (χ0n) is 10.5. The van der Waals surface area contributed by atoms with E-state index in [-0.39, 0.29) is 0 Å². The molecule has 95 valence electrons. The van der Waals surface area contributed by atoms with Gasteiger partial charge in [0.25, 0.3) is 0 Å². The SMILES string of the molecule is Clc1ccc2[nH]c(CC[C]3CCCCC3)nc2c1. The molecule has 1 N–H and O–H groups in total. The molecule has 3 rings (SSSR count). The molecule has 1 saturated carbocycles. The van der Waals surface area contributed by atoms with Gasteiger partial charge in [0.15, 0.2) is 0 Å². The van der Waals surface area contributed by atoms with E-state index in [0.717, 1.165) is 28.3 Å². The van der Waals surface area contributed by atoms with Crippen molar-refractivity contribution in [3.63, 3.8) is 0 Å². The summed E-state index contributed by atoms with van der Waals surface area (Å²) in [5.41, 5.74) is 2.06. The second-order valence-electron chi connectivity index (χ2n) is 5.16. The fraction of sp³-hybridized carbons (Fsp3) is 0.467. The summed E-state index contributed by atoms with van der Waals surface area (Å²) in [6, 6.07) is 5.83. The molecule has 0 spiro atoms. The minimum absolute atomic E-state index is 0.752. The highest BCUT2D eigenvalue weighted by Crippen LogP contribution is 2.29. The van der Waals surface area contributed by atoms with Gasteiger partial charge < -0.3 is 4.98 Å². The van der Waals surface area contributed by atoms with Crippen LogP contribution < -0.4 is 0 Å². The van der Waals surface area contributed by atoms with E-state index in [9.17, 15) is 0 Å². The lowest BCUT2D eigenvalue weighted by Gasteiger charge is -2.20. The second kappa shape index (κ2) is 5.31. The van der Waals surface area contributed by atoms with Gasteiger partial charge in [-0.2, -0.15) is 0 Å². The molecule has 18 heavy (non-hydrogen) atoms. The van der Waals surface area contributed by atoms with E-state index in [0.29, 0.717) is 0 Å². The lowest BCUT2D eigenvalue weighted by atomic mass is 9.86. The largest absolute Gasteiger partial charge is 0.342 e. The molecule has 1 heterocycles. The van der Waals surface area contributed by atoms with E-state index < -0.39 is 0 Å². The summed E-state index contributed by atoms with van der Waals surface area (Å²) in [7, 11) is 0. The number of fused-ring (bicyclic) bond motifs is 1. The van der Waals surface area contributed by atoms with Gasteiger partial charge in [0.2, 0.25) is 0 Å². The third-order valence-corrected chi connectivity index (χ3v) is 4.01. The van der Waals surface area contributed by atoms with Crippen LogP contribution in [0.2, 0.25) is 5.02 Å². The van der Waals surface area contributed by atoms with Crippen LogP contribution in [0.3, 0.4) is 0 Å². The number of halogens is 1. The minimum atomic E-state index is 0.752. The highest BCUT2D eigenvalue weighted by atomic mass is 35.5. The number of hydrogen-bond acceptors (Lipinski definition) is 1. The van der Waals surface area contributed by atoms with Gasteiger partial charge in [-0.1, -0.05) is 30.9 Å². The Bertz CT molecular complexity index is 526. The Hall–Kier alpha value is -1.02. The first-order chi connectivity index (χ1) is 8.81. The fourth-order valence-corrected chi connectivity index (χ4v) is 2.91. The lowest BCUT2D eigenvalue weighted by Crippen LogP contribution is -2.05. The summed E-state index contributed by atoms with van der Waals surface area (Å²) in [5, 5.41) is 0.752. The van der Waals surface area contributed by atoms with Gasteiger partial charge in [-0.3, -0.25) is 0 Å². The van der Waals surface area contributed by atoms with E-state index in [1.165, 1.54) is 38.5 Å². The molecule has 1 aliphatic rings. The van der Waals surface area contributed by atoms with Crippen molar-refractivity contribution >= 4 is 22.6 Å². The first-order valence-corrected chi connectivity index (χ1v) is 7.17. The standard InChI is InChI=1S/C15H18ClN2/c16-12-7-8-13-14(10-12)18-15(17-13)9-6-11-4-2-1-3-5-11/h7-8,10H,1-6,9H2,(H,17,18). The van der Waals surface area contributed by atoms with E-state index in [2.05, 4.69) is 9.97 Å². The molecular formula is C15H18ClN2. The molecule has 0 amide bonds. The molecule has 0 bridgehead atoms. The van der Waals surface area contributed by atoms with Gasteiger partial charge in [0, 0.05) is 11.4 Å². The number of aromatic nitrogens is 2. The molecular weight excluding hydrogens is 244 g/mol. The van der Waals surface area contributed by atoms with Crippen molar-refractivity contribution in [3.8, 4) is 0 Å². The van der Waals surface area contributed by atoms with Crippen LogP contribution in [0, 0.1) is 5.92 Å². The molecule has 0 unspecified atom stereocenters. The average Bonchev–Trinajstić information content (AvgIpc) is 2.79. The summed E-state index contributed by atoms with van der Waals surface area (Å²) in [4.78, 5) is 7.98.